The van der Waals surface area contributed by atoms with Gasteiger partial charge in [0.2, 0.25) is 15.8 Å². The van der Waals surface area contributed by atoms with E-state index in [0.717, 1.165) is 0 Å². The lowest BCUT2D eigenvalue weighted by Crippen LogP contribution is -2.25. The average molecular weight is 303 g/mol. The number of aromatic nitrogens is 1. The van der Waals surface area contributed by atoms with Crippen molar-refractivity contribution in [2.45, 2.75) is 11.3 Å². The first-order valence-corrected chi connectivity index (χ1v) is 5.66. The van der Waals surface area contributed by atoms with Gasteiger partial charge < -0.3 is 14.9 Å². The van der Waals surface area contributed by atoms with Crippen molar-refractivity contribution in [3.8, 4) is 5.75 Å². The minimum absolute atomic E-state index is 0.0276. The molecule has 1 rings (SSSR count). The number of primary sulfonamides is 1. The molecular weight excluding hydrogens is 299 g/mol. The van der Waals surface area contributed by atoms with Gasteiger partial charge in [0.15, 0.2) is 4.90 Å². The number of hydrogen-bond donors (Lipinski definition) is 2. The molecule has 0 spiro atoms. The molecule has 13 heteroatoms. The average Bonchev–Trinajstić information content (AvgIpc) is 2.16. The maximum atomic E-state index is 11.9. The molecular formula is C6H4F3N3O6S. The molecule has 0 aliphatic heterocycles. The molecule has 0 aliphatic carbocycles. The number of hydrogen-bond acceptors (Lipinski definition) is 6. The first-order chi connectivity index (χ1) is 8.42. The van der Waals surface area contributed by atoms with Gasteiger partial charge in [-0.15, -0.1) is 13.2 Å². The number of pyridine rings is 1. The van der Waals surface area contributed by atoms with Gasteiger partial charge in [-0.1, -0.05) is 0 Å². The maximum Gasteiger partial charge on any atom is 0.573 e. The quantitative estimate of drug-likeness (QED) is 0.585. The molecule has 106 valence electrons. The standard InChI is InChI=1S/C6H4F3N3O6S/c7-6(8,9)18-2-1-3(19(10,16)17)4(12(14)15)11-5(2)13/h1H,(H,11,13)(H2,10,16,17). The van der Waals surface area contributed by atoms with E-state index >= 15 is 0 Å². The molecule has 0 amide bonds. The third kappa shape index (κ3) is 3.65. The van der Waals surface area contributed by atoms with Crippen LogP contribution in [0.1, 0.15) is 0 Å². The summed E-state index contributed by atoms with van der Waals surface area (Å²) in [6, 6.07) is 0.0276. The van der Waals surface area contributed by atoms with E-state index in [4.69, 9.17) is 0 Å². The number of nitro groups is 1. The number of nitrogens with zero attached hydrogens (tertiary/aromatic N) is 1. The molecule has 19 heavy (non-hydrogen) atoms. The number of alkyl halides is 3. The zero-order chi connectivity index (χ0) is 15.0. The van der Waals surface area contributed by atoms with Crippen molar-refractivity contribution in [2.75, 3.05) is 0 Å². The zero-order valence-corrected chi connectivity index (χ0v) is 9.41. The van der Waals surface area contributed by atoms with E-state index in [1.54, 1.807) is 0 Å². The summed E-state index contributed by atoms with van der Waals surface area (Å²) >= 11 is 0. The summed E-state index contributed by atoms with van der Waals surface area (Å²) in [6.07, 6.45) is -5.28. The van der Waals surface area contributed by atoms with Crippen molar-refractivity contribution in [1.82, 2.24) is 4.98 Å². The van der Waals surface area contributed by atoms with Gasteiger partial charge in [0.05, 0.1) is 0 Å². The summed E-state index contributed by atoms with van der Waals surface area (Å²) in [6.45, 7) is 0. The SMILES string of the molecule is NS(=O)(=O)c1cc(OC(F)(F)F)c(=O)[nH]c1[N+](=O)[O-]. The van der Waals surface area contributed by atoms with Crippen LogP contribution in [0.2, 0.25) is 0 Å². The second-order valence-electron chi connectivity index (χ2n) is 3.03. The van der Waals surface area contributed by atoms with E-state index in [1.165, 1.54) is 4.98 Å². The predicted octanol–water partition coefficient (Wildman–Crippen LogP) is -0.171. The van der Waals surface area contributed by atoms with Crippen LogP contribution in [0.5, 0.6) is 5.75 Å². The minimum atomic E-state index is -5.28. The maximum absolute atomic E-state index is 11.9. The normalized spacial score (nSPS) is 12.2. The summed E-state index contributed by atoms with van der Waals surface area (Å²) < 4.78 is 61.0. The fourth-order valence-corrected chi connectivity index (χ4v) is 1.70. The molecule has 0 bridgehead atoms. The molecule has 0 aliphatic rings. The highest BCUT2D eigenvalue weighted by molar-refractivity contribution is 7.89. The van der Waals surface area contributed by atoms with Gasteiger partial charge in [-0.3, -0.25) is 0 Å². The minimum Gasteiger partial charge on any atom is -0.397 e. The van der Waals surface area contributed by atoms with Crippen molar-refractivity contribution >= 4 is 15.8 Å². The van der Waals surface area contributed by atoms with Crippen molar-refractivity contribution in [2.24, 2.45) is 5.14 Å². The summed E-state index contributed by atoms with van der Waals surface area (Å²) in [5.41, 5.74) is -1.63. The van der Waals surface area contributed by atoms with Crippen LogP contribution in [0.3, 0.4) is 0 Å². The van der Waals surface area contributed by atoms with Gasteiger partial charge in [-0.25, -0.2) is 18.4 Å². The summed E-state index contributed by atoms with van der Waals surface area (Å²) in [7, 11) is -4.73. The molecule has 0 atom stereocenters. The smallest absolute Gasteiger partial charge is 0.397 e. The number of sulfonamides is 1. The Morgan fingerprint density at radius 3 is 2.32 bits per heavy atom. The van der Waals surface area contributed by atoms with Gasteiger partial charge in [0, 0.05) is 6.07 Å². The van der Waals surface area contributed by atoms with Crippen molar-refractivity contribution in [3.63, 3.8) is 0 Å². The predicted molar refractivity (Wildman–Crippen MR) is 51.8 cm³/mol. The second kappa shape index (κ2) is 4.51. The first-order valence-electron chi connectivity index (χ1n) is 4.12. The Morgan fingerprint density at radius 1 is 1.42 bits per heavy atom. The van der Waals surface area contributed by atoms with Gasteiger partial charge in [0.25, 0.3) is 0 Å². The van der Waals surface area contributed by atoms with Crippen LogP contribution < -0.4 is 15.4 Å². The Kier molecular flexibility index (Phi) is 3.54. The number of aromatic amines is 1. The fourth-order valence-electron chi connectivity index (χ4n) is 1.04. The lowest BCUT2D eigenvalue weighted by molar-refractivity contribution is -0.392. The second-order valence-corrected chi connectivity index (χ2v) is 4.56. The molecule has 1 aromatic rings. The summed E-state index contributed by atoms with van der Waals surface area (Å²) in [4.78, 5) is 20.3. The zero-order valence-electron chi connectivity index (χ0n) is 8.59. The molecule has 0 fully saturated rings. The Labute approximate surface area is 102 Å². The molecule has 1 aromatic heterocycles. The Hall–Kier alpha value is -2.15. The fraction of sp³-hybridized carbons (Fsp3) is 0.167. The highest BCUT2D eigenvalue weighted by atomic mass is 32.2. The van der Waals surface area contributed by atoms with Gasteiger partial charge in [-0.2, -0.15) is 4.98 Å². The topological polar surface area (TPSA) is 145 Å². The highest BCUT2D eigenvalue weighted by Gasteiger charge is 2.35. The lowest BCUT2D eigenvalue weighted by Gasteiger charge is -2.08. The van der Waals surface area contributed by atoms with Crippen LogP contribution in [0.4, 0.5) is 19.0 Å². The molecule has 0 saturated heterocycles. The number of rotatable bonds is 3. The molecule has 0 aromatic carbocycles. The van der Waals surface area contributed by atoms with E-state index in [1.807, 2.05) is 0 Å². The number of halogens is 3. The number of H-pyrrole nitrogens is 1. The van der Waals surface area contributed by atoms with Crippen LogP contribution in [-0.4, -0.2) is 24.7 Å². The Morgan fingerprint density at radius 2 is 1.95 bits per heavy atom. The van der Waals surface area contributed by atoms with E-state index in [0.29, 0.717) is 0 Å². The van der Waals surface area contributed by atoms with Crippen molar-refractivity contribution in [1.29, 1.82) is 0 Å². The molecule has 0 radical (unpaired) electrons. The van der Waals surface area contributed by atoms with Crippen LogP contribution >= 0.6 is 0 Å². The van der Waals surface area contributed by atoms with Gasteiger partial charge in [-0.05, 0) is 4.92 Å². The monoisotopic (exact) mass is 303 g/mol. The molecule has 3 N–H and O–H groups in total. The Bertz CT molecular complexity index is 678. The molecule has 0 saturated carbocycles. The first kappa shape index (κ1) is 14.9. The van der Waals surface area contributed by atoms with Gasteiger partial charge >= 0.3 is 17.7 Å². The van der Waals surface area contributed by atoms with E-state index in [2.05, 4.69) is 9.88 Å². The summed E-state index contributed by atoms with van der Waals surface area (Å²) in [5.74, 6) is -2.84. The Balaban J connectivity index is 3.57. The van der Waals surface area contributed by atoms with E-state index in [-0.39, 0.29) is 6.07 Å². The van der Waals surface area contributed by atoms with Crippen LogP contribution in [0.15, 0.2) is 15.8 Å². The van der Waals surface area contributed by atoms with Crippen molar-refractivity contribution < 1.29 is 31.2 Å². The van der Waals surface area contributed by atoms with Gasteiger partial charge in [0.1, 0.15) is 0 Å². The van der Waals surface area contributed by atoms with Crippen molar-refractivity contribution in [3.05, 3.63) is 26.5 Å². The van der Waals surface area contributed by atoms with Crippen LogP contribution in [0.25, 0.3) is 0 Å². The summed E-state index contributed by atoms with van der Waals surface area (Å²) in [5, 5.41) is 15.1. The number of nitrogens with one attached hydrogen (secondary N) is 1. The van der Waals surface area contributed by atoms with Crippen LogP contribution in [0, 0.1) is 10.1 Å². The number of nitrogens with two attached hydrogens (primary N) is 1. The lowest BCUT2D eigenvalue weighted by atomic mass is 10.4. The van der Waals surface area contributed by atoms with E-state index < -0.39 is 43.3 Å². The highest BCUT2D eigenvalue weighted by Crippen LogP contribution is 2.25. The molecule has 0 unspecified atom stereocenters. The molecule has 9 nitrogen and oxygen atoms in total. The third-order valence-electron chi connectivity index (χ3n) is 1.67. The molecule has 1 heterocycles. The largest absolute Gasteiger partial charge is 0.573 e. The van der Waals surface area contributed by atoms with E-state index in [9.17, 15) is 36.5 Å². The third-order valence-corrected chi connectivity index (χ3v) is 2.59. The number of ether oxygens (including phenoxy) is 1. The van der Waals surface area contributed by atoms with Crippen LogP contribution in [-0.2, 0) is 10.0 Å².